The van der Waals surface area contributed by atoms with Gasteiger partial charge in [0.2, 0.25) is 5.91 Å². The van der Waals surface area contributed by atoms with Gasteiger partial charge in [-0.15, -0.1) is 0 Å². The van der Waals surface area contributed by atoms with Crippen LogP contribution < -0.4 is 24.8 Å². The minimum atomic E-state index is -0.370. The Hall–Kier alpha value is -6.21. The normalized spacial score (nSPS) is 14.0. The van der Waals surface area contributed by atoms with Crippen LogP contribution in [0, 0.1) is 0 Å². The second kappa shape index (κ2) is 20.5. The molecule has 2 aliphatic rings. The van der Waals surface area contributed by atoms with Crippen molar-refractivity contribution >= 4 is 35.2 Å². The third-order valence-electron chi connectivity index (χ3n) is 10.8. The van der Waals surface area contributed by atoms with Crippen molar-refractivity contribution in [3.05, 3.63) is 119 Å². The van der Waals surface area contributed by atoms with Crippen molar-refractivity contribution in [2.45, 2.75) is 57.5 Å². The molecule has 59 heavy (non-hydrogen) atoms. The van der Waals surface area contributed by atoms with Crippen molar-refractivity contribution in [1.29, 1.82) is 0 Å². The number of amides is 5. The van der Waals surface area contributed by atoms with Gasteiger partial charge in [-0.2, -0.15) is 0 Å². The molecule has 0 radical (unpaired) electrons. The summed E-state index contributed by atoms with van der Waals surface area (Å²) in [5, 5.41) is 5.85. The highest BCUT2D eigenvalue weighted by Crippen LogP contribution is 2.28. The van der Waals surface area contributed by atoms with E-state index in [2.05, 4.69) is 29.6 Å². The summed E-state index contributed by atoms with van der Waals surface area (Å²) in [7, 11) is 5.69. The summed E-state index contributed by atoms with van der Waals surface area (Å²) in [6, 6.07) is 26.4. The number of piperidine rings is 1. The lowest BCUT2D eigenvalue weighted by Gasteiger charge is -2.35. The first-order chi connectivity index (χ1) is 28.6. The van der Waals surface area contributed by atoms with Crippen LogP contribution in [0.5, 0.6) is 17.2 Å². The second-order valence-electron chi connectivity index (χ2n) is 14.9. The standard InChI is InChI=1S/C46H53N5O8/c1-49(2)34-23-26-50(27-24-34)42(52)20-5-4-12-28-59-40-19-11-9-17-38(40)48-43(53)32-21-22-33(41(30-32)57-3)31-47-44(54)37-16-8-10-18-39(37)58-29-13-25-51-45(55)35-14-6-7-15-36(35)46(51)56/h6-11,14-19,21-22,30,34H,4-5,12-13,20,23-29,31H2,1-3H3,(H,47,54)(H,48,53). The van der Waals surface area contributed by atoms with Crippen LogP contribution in [0.15, 0.2) is 91.0 Å². The van der Waals surface area contributed by atoms with Gasteiger partial charge in [0.1, 0.15) is 17.2 Å². The van der Waals surface area contributed by atoms with E-state index in [1.54, 1.807) is 72.8 Å². The Bertz CT molecular complexity index is 2090. The molecule has 2 aliphatic heterocycles. The fourth-order valence-corrected chi connectivity index (χ4v) is 7.35. The first-order valence-electron chi connectivity index (χ1n) is 20.2. The Kier molecular flexibility index (Phi) is 14.7. The van der Waals surface area contributed by atoms with Gasteiger partial charge < -0.3 is 34.6 Å². The molecule has 6 rings (SSSR count). The van der Waals surface area contributed by atoms with Crippen LogP contribution >= 0.6 is 0 Å². The number of carbonyl (C=O) groups is 5. The molecular weight excluding hydrogens is 751 g/mol. The Balaban J connectivity index is 0.942. The molecule has 13 heteroatoms. The second-order valence-corrected chi connectivity index (χ2v) is 14.9. The number of benzene rings is 4. The number of methoxy groups -OCH3 is 1. The van der Waals surface area contributed by atoms with Gasteiger partial charge in [0.05, 0.1) is 42.7 Å². The summed E-state index contributed by atoms with van der Waals surface area (Å²) in [6.45, 7) is 2.61. The SMILES string of the molecule is COc1cc(C(=O)Nc2ccccc2OCCCCCC(=O)N2CCC(N(C)C)CC2)ccc1CNC(=O)c1ccccc1OCCCN1C(=O)c2ccccc2C1=O. The van der Waals surface area contributed by atoms with E-state index in [9.17, 15) is 24.0 Å². The van der Waals surface area contributed by atoms with E-state index in [1.807, 2.05) is 23.1 Å². The molecule has 0 saturated carbocycles. The van der Waals surface area contributed by atoms with Gasteiger partial charge in [-0.3, -0.25) is 28.9 Å². The molecule has 0 aromatic heterocycles. The Morgan fingerprint density at radius 2 is 1.37 bits per heavy atom. The topological polar surface area (TPSA) is 147 Å². The minimum absolute atomic E-state index is 0.123. The molecule has 1 saturated heterocycles. The van der Waals surface area contributed by atoms with Gasteiger partial charge in [-0.05, 0) is 101 Å². The first-order valence-corrected chi connectivity index (χ1v) is 20.2. The highest BCUT2D eigenvalue weighted by molar-refractivity contribution is 6.21. The molecular formula is C46H53N5O8. The van der Waals surface area contributed by atoms with Crippen LogP contribution in [0.4, 0.5) is 5.69 Å². The largest absolute Gasteiger partial charge is 0.496 e. The highest BCUT2D eigenvalue weighted by Gasteiger charge is 2.34. The number of para-hydroxylation sites is 3. The third kappa shape index (κ3) is 10.8. The maximum Gasteiger partial charge on any atom is 0.261 e. The van der Waals surface area contributed by atoms with Crippen molar-refractivity contribution in [2.75, 3.05) is 59.4 Å². The van der Waals surface area contributed by atoms with Gasteiger partial charge >= 0.3 is 0 Å². The number of anilines is 1. The zero-order valence-corrected chi connectivity index (χ0v) is 34.0. The van der Waals surface area contributed by atoms with Crippen molar-refractivity contribution in [3.8, 4) is 17.2 Å². The minimum Gasteiger partial charge on any atom is -0.496 e. The molecule has 1 fully saturated rings. The Morgan fingerprint density at radius 3 is 2.08 bits per heavy atom. The number of likely N-dealkylation sites (tertiary alicyclic amines) is 1. The number of unbranched alkanes of at least 4 members (excludes halogenated alkanes) is 2. The maximum absolute atomic E-state index is 13.4. The maximum atomic E-state index is 13.4. The van der Waals surface area contributed by atoms with E-state index in [1.165, 1.54) is 12.0 Å². The van der Waals surface area contributed by atoms with Crippen molar-refractivity contribution in [3.63, 3.8) is 0 Å². The highest BCUT2D eigenvalue weighted by atomic mass is 16.5. The fraction of sp³-hybridized carbons (Fsp3) is 0.370. The molecule has 2 heterocycles. The van der Waals surface area contributed by atoms with E-state index >= 15 is 0 Å². The number of carbonyl (C=O) groups excluding carboxylic acids is 5. The van der Waals surface area contributed by atoms with E-state index in [0.29, 0.717) is 76.2 Å². The zero-order valence-electron chi connectivity index (χ0n) is 34.0. The van der Waals surface area contributed by atoms with E-state index < -0.39 is 0 Å². The van der Waals surface area contributed by atoms with Crippen LogP contribution in [0.25, 0.3) is 0 Å². The number of rotatable bonds is 19. The summed E-state index contributed by atoms with van der Waals surface area (Å²) in [4.78, 5) is 70.2. The van der Waals surface area contributed by atoms with Crippen LogP contribution in [0.2, 0.25) is 0 Å². The average molecular weight is 804 g/mol. The number of hydrogen-bond acceptors (Lipinski definition) is 9. The molecule has 5 amide bonds. The zero-order chi connectivity index (χ0) is 41.7. The van der Waals surface area contributed by atoms with Crippen molar-refractivity contribution in [2.24, 2.45) is 0 Å². The summed E-state index contributed by atoms with van der Waals surface area (Å²) in [5.41, 5.74) is 2.69. The molecule has 2 N–H and O–H groups in total. The van der Waals surface area contributed by atoms with Crippen LogP contribution in [-0.2, 0) is 11.3 Å². The van der Waals surface area contributed by atoms with Gasteiger partial charge in [-0.1, -0.05) is 42.5 Å². The van der Waals surface area contributed by atoms with E-state index in [-0.39, 0.29) is 49.2 Å². The monoisotopic (exact) mass is 803 g/mol. The van der Waals surface area contributed by atoms with Crippen LogP contribution in [-0.4, -0.2) is 104 Å². The number of ether oxygens (including phenoxy) is 3. The van der Waals surface area contributed by atoms with Crippen LogP contribution in [0.3, 0.4) is 0 Å². The molecule has 0 bridgehead atoms. The van der Waals surface area contributed by atoms with Gasteiger partial charge in [-0.25, -0.2) is 0 Å². The third-order valence-corrected chi connectivity index (χ3v) is 10.8. The van der Waals surface area contributed by atoms with Crippen LogP contribution in [0.1, 0.15) is 91.9 Å². The molecule has 13 nitrogen and oxygen atoms in total. The van der Waals surface area contributed by atoms with Gasteiger partial charge in [0, 0.05) is 49.8 Å². The quantitative estimate of drug-likeness (QED) is 0.0809. The molecule has 0 unspecified atom stereocenters. The Labute approximate surface area is 345 Å². The molecule has 310 valence electrons. The number of fused-ring (bicyclic) bond motifs is 1. The fourth-order valence-electron chi connectivity index (χ4n) is 7.35. The molecule has 4 aromatic rings. The number of imide groups is 1. The molecule has 0 aliphatic carbocycles. The van der Waals surface area contributed by atoms with E-state index in [0.717, 1.165) is 45.2 Å². The lowest BCUT2D eigenvalue weighted by atomic mass is 10.0. The average Bonchev–Trinajstić information content (AvgIpc) is 3.50. The lowest BCUT2D eigenvalue weighted by molar-refractivity contribution is -0.132. The molecule has 0 atom stereocenters. The molecule has 4 aromatic carbocycles. The predicted octanol–water partition coefficient (Wildman–Crippen LogP) is 6.43. The smallest absolute Gasteiger partial charge is 0.261 e. The van der Waals surface area contributed by atoms with Gasteiger partial charge in [0.15, 0.2) is 0 Å². The summed E-state index contributed by atoms with van der Waals surface area (Å²) in [6.07, 6.45) is 5.43. The molecule has 0 spiro atoms. The number of nitrogens with zero attached hydrogens (tertiary/aromatic N) is 3. The van der Waals surface area contributed by atoms with Crippen molar-refractivity contribution in [1.82, 2.24) is 20.0 Å². The summed E-state index contributed by atoms with van der Waals surface area (Å²) >= 11 is 0. The summed E-state index contributed by atoms with van der Waals surface area (Å²) in [5.74, 6) is 0.222. The predicted molar refractivity (Wildman–Crippen MR) is 224 cm³/mol. The number of hydrogen-bond donors (Lipinski definition) is 2. The van der Waals surface area contributed by atoms with Crippen molar-refractivity contribution < 1.29 is 38.2 Å². The lowest BCUT2D eigenvalue weighted by Crippen LogP contribution is -2.44. The first kappa shape index (κ1) is 42.4. The number of nitrogens with one attached hydrogen (secondary N) is 2. The summed E-state index contributed by atoms with van der Waals surface area (Å²) < 4.78 is 17.6. The van der Waals surface area contributed by atoms with Gasteiger partial charge in [0.25, 0.3) is 23.6 Å². The Morgan fingerprint density at radius 1 is 0.729 bits per heavy atom. The van der Waals surface area contributed by atoms with E-state index in [4.69, 9.17) is 14.2 Å².